The number of hydrogen-bond acceptors (Lipinski definition) is 4. The molecule has 88 valence electrons. The van der Waals surface area contributed by atoms with Crippen LogP contribution in [0.15, 0.2) is 30.5 Å². The standard InChI is InChI=1S/C11H10N2O4/c1-17-8-4-2-3-7(5-8)13-10(11(15)16)9(14)6-12-13/h2-6,14H,1H3,(H,15,16). The minimum Gasteiger partial charge on any atom is -0.504 e. The van der Waals surface area contributed by atoms with E-state index in [0.29, 0.717) is 11.4 Å². The molecule has 6 nitrogen and oxygen atoms in total. The van der Waals surface area contributed by atoms with Gasteiger partial charge in [0, 0.05) is 6.07 Å². The molecule has 1 aromatic carbocycles. The Labute approximate surface area is 96.7 Å². The summed E-state index contributed by atoms with van der Waals surface area (Å²) in [6.07, 6.45) is 1.09. The number of carboxylic acids is 1. The van der Waals surface area contributed by atoms with Crippen LogP contribution in [0.4, 0.5) is 0 Å². The minimum atomic E-state index is -1.25. The van der Waals surface area contributed by atoms with Crippen molar-refractivity contribution in [2.24, 2.45) is 0 Å². The maximum Gasteiger partial charge on any atom is 0.358 e. The Hall–Kier alpha value is -2.50. The fraction of sp³-hybridized carbons (Fsp3) is 0.0909. The Morgan fingerprint density at radius 2 is 2.24 bits per heavy atom. The fourth-order valence-electron chi connectivity index (χ4n) is 1.48. The maximum atomic E-state index is 11.0. The molecule has 0 saturated carbocycles. The van der Waals surface area contributed by atoms with E-state index in [-0.39, 0.29) is 11.4 Å². The van der Waals surface area contributed by atoms with Gasteiger partial charge in [-0.1, -0.05) is 6.07 Å². The average molecular weight is 234 g/mol. The predicted octanol–water partition coefficient (Wildman–Crippen LogP) is 1.28. The molecule has 0 aliphatic rings. The van der Waals surface area contributed by atoms with Crippen LogP contribution in [0.2, 0.25) is 0 Å². The quantitative estimate of drug-likeness (QED) is 0.835. The summed E-state index contributed by atoms with van der Waals surface area (Å²) < 4.78 is 6.17. The van der Waals surface area contributed by atoms with E-state index in [2.05, 4.69) is 5.10 Å². The number of rotatable bonds is 3. The molecule has 6 heteroatoms. The van der Waals surface area contributed by atoms with Crippen molar-refractivity contribution in [2.45, 2.75) is 0 Å². The summed E-state index contributed by atoms with van der Waals surface area (Å²) in [6.45, 7) is 0. The number of hydrogen-bond donors (Lipinski definition) is 2. The van der Waals surface area contributed by atoms with Gasteiger partial charge in [-0.25, -0.2) is 9.48 Å². The topological polar surface area (TPSA) is 84.6 Å². The number of aromatic nitrogens is 2. The van der Waals surface area contributed by atoms with Crippen LogP contribution in [-0.2, 0) is 0 Å². The molecule has 17 heavy (non-hydrogen) atoms. The normalized spacial score (nSPS) is 10.2. The molecule has 1 aromatic heterocycles. The molecule has 0 amide bonds. The smallest absolute Gasteiger partial charge is 0.358 e. The van der Waals surface area contributed by atoms with Crippen molar-refractivity contribution in [2.75, 3.05) is 7.11 Å². The van der Waals surface area contributed by atoms with Crippen molar-refractivity contribution in [1.29, 1.82) is 0 Å². The Kier molecular flexibility index (Phi) is 2.70. The Morgan fingerprint density at radius 1 is 1.47 bits per heavy atom. The molecule has 0 bridgehead atoms. The Balaban J connectivity index is 2.56. The van der Waals surface area contributed by atoms with Crippen LogP contribution in [0.1, 0.15) is 10.5 Å². The second kappa shape index (κ2) is 4.17. The zero-order valence-electron chi connectivity index (χ0n) is 8.99. The molecule has 2 rings (SSSR count). The lowest BCUT2D eigenvalue weighted by Crippen LogP contribution is -2.08. The Morgan fingerprint density at radius 3 is 2.88 bits per heavy atom. The van der Waals surface area contributed by atoms with Gasteiger partial charge in [-0.05, 0) is 12.1 Å². The summed E-state index contributed by atoms with van der Waals surface area (Å²) in [4.78, 5) is 11.0. The molecular formula is C11H10N2O4. The number of aromatic hydroxyl groups is 1. The molecule has 0 aliphatic carbocycles. The van der Waals surface area contributed by atoms with Crippen LogP contribution in [-0.4, -0.2) is 33.1 Å². The van der Waals surface area contributed by atoms with E-state index < -0.39 is 5.97 Å². The van der Waals surface area contributed by atoms with Gasteiger partial charge in [-0.15, -0.1) is 0 Å². The van der Waals surface area contributed by atoms with Crippen LogP contribution in [0.25, 0.3) is 5.69 Å². The van der Waals surface area contributed by atoms with E-state index in [1.54, 1.807) is 24.3 Å². The van der Waals surface area contributed by atoms with Gasteiger partial charge in [-0.2, -0.15) is 5.10 Å². The van der Waals surface area contributed by atoms with Crippen molar-refractivity contribution in [1.82, 2.24) is 9.78 Å². The molecule has 0 radical (unpaired) electrons. The van der Waals surface area contributed by atoms with E-state index in [0.717, 1.165) is 10.9 Å². The van der Waals surface area contributed by atoms with Crippen molar-refractivity contribution in [3.63, 3.8) is 0 Å². The van der Waals surface area contributed by atoms with Gasteiger partial charge in [0.05, 0.1) is 19.0 Å². The van der Waals surface area contributed by atoms with Crippen molar-refractivity contribution >= 4 is 5.97 Å². The van der Waals surface area contributed by atoms with Crippen molar-refractivity contribution in [3.05, 3.63) is 36.2 Å². The maximum absolute atomic E-state index is 11.0. The van der Waals surface area contributed by atoms with Gasteiger partial charge < -0.3 is 14.9 Å². The summed E-state index contributed by atoms with van der Waals surface area (Å²) in [7, 11) is 1.51. The van der Waals surface area contributed by atoms with E-state index in [1.807, 2.05) is 0 Å². The lowest BCUT2D eigenvalue weighted by molar-refractivity contribution is 0.0683. The third-order valence-corrected chi connectivity index (χ3v) is 2.25. The SMILES string of the molecule is COc1cccc(-n2ncc(O)c2C(=O)O)c1. The van der Waals surface area contributed by atoms with Crippen LogP contribution in [0.5, 0.6) is 11.5 Å². The van der Waals surface area contributed by atoms with Gasteiger partial charge in [-0.3, -0.25) is 0 Å². The lowest BCUT2D eigenvalue weighted by Gasteiger charge is -2.06. The number of carbonyl (C=O) groups is 1. The van der Waals surface area contributed by atoms with Gasteiger partial charge in [0.1, 0.15) is 5.75 Å². The number of benzene rings is 1. The first kappa shape index (κ1) is 11.0. The minimum absolute atomic E-state index is 0.279. The average Bonchev–Trinajstić information content (AvgIpc) is 2.71. The summed E-state index contributed by atoms with van der Waals surface area (Å²) in [5.41, 5.74) is 0.223. The van der Waals surface area contributed by atoms with E-state index in [4.69, 9.17) is 9.84 Å². The Bertz CT molecular complexity index is 562. The molecule has 0 fully saturated rings. The summed E-state index contributed by atoms with van der Waals surface area (Å²) >= 11 is 0. The molecule has 2 N–H and O–H groups in total. The van der Waals surface area contributed by atoms with E-state index in [9.17, 15) is 9.90 Å². The lowest BCUT2D eigenvalue weighted by atomic mass is 10.3. The highest BCUT2D eigenvalue weighted by Gasteiger charge is 2.18. The first-order chi connectivity index (χ1) is 8.13. The first-order valence-corrected chi connectivity index (χ1v) is 4.78. The summed E-state index contributed by atoms with van der Waals surface area (Å²) in [5, 5.41) is 22.2. The monoisotopic (exact) mass is 234 g/mol. The molecule has 1 heterocycles. The third kappa shape index (κ3) is 1.92. The van der Waals surface area contributed by atoms with Crippen LogP contribution >= 0.6 is 0 Å². The molecule has 2 aromatic rings. The number of aromatic carboxylic acids is 1. The zero-order valence-corrected chi connectivity index (χ0v) is 8.99. The second-order valence-corrected chi connectivity index (χ2v) is 3.30. The zero-order chi connectivity index (χ0) is 12.4. The number of nitrogens with zero attached hydrogens (tertiary/aromatic N) is 2. The summed E-state index contributed by atoms with van der Waals surface area (Å²) in [5.74, 6) is -1.04. The second-order valence-electron chi connectivity index (χ2n) is 3.30. The van der Waals surface area contributed by atoms with Crippen molar-refractivity contribution < 1.29 is 19.7 Å². The first-order valence-electron chi connectivity index (χ1n) is 4.78. The highest BCUT2D eigenvalue weighted by atomic mass is 16.5. The molecule has 0 spiro atoms. The fourth-order valence-corrected chi connectivity index (χ4v) is 1.48. The summed E-state index contributed by atoms with van der Waals surface area (Å²) in [6, 6.07) is 6.73. The molecular weight excluding hydrogens is 224 g/mol. The van der Waals surface area contributed by atoms with E-state index >= 15 is 0 Å². The largest absolute Gasteiger partial charge is 0.504 e. The predicted molar refractivity (Wildman–Crippen MR) is 58.7 cm³/mol. The molecule has 0 unspecified atom stereocenters. The number of ether oxygens (including phenoxy) is 1. The highest BCUT2D eigenvalue weighted by Crippen LogP contribution is 2.22. The van der Waals surface area contributed by atoms with Gasteiger partial charge in [0.15, 0.2) is 11.4 Å². The number of carboxylic acid groups (broad SMARTS) is 1. The van der Waals surface area contributed by atoms with Crippen LogP contribution in [0, 0.1) is 0 Å². The van der Waals surface area contributed by atoms with Crippen LogP contribution < -0.4 is 4.74 Å². The third-order valence-electron chi connectivity index (χ3n) is 2.25. The van der Waals surface area contributed by atoms with E-state index in [1.165, 1.54) is 7.11 Å². The highest BCUT2D eigenvalue weighted by molar-refractivity contribution is 5.89. The van der Waals surface area contributed by atoms with Crippen molar-refractivity contribution in [3.8, 4) is 17.2 Å². The molecule has 0 saturated heterocycles. The van der Waals surface area contributed by atoms with Crippen LogP contribution in [0.3, 0.4) is 0 Å². The number of methoxy groups -OCH3 is 1. The molecule has 0 aliphatic heterocycles. The van der Waals surface area contributed by atoms with Gasteiger partial charge >= 0.3 is 5.97 Å². The molecule has 0 atom stereocenters. The van der Waals surface area contributed by atoms with Gasteiger partial charge in [0.25, 0.3) is 0 Å². The van der Waals surface area contributed by atoms with Gasteiger partial charge in [0.2, 0.25) is 0 Å².